The minimum atomic E-state index is -3.53. The van der Waals surface area contributed by atoms with Crippen molar-refractivity contribution in [3.05, 3.63) is 0 Å². The fourth-order valence-electron chi connectivity index (χ4n) is 4.24. The molecule has 2 bridgehead atoms. The van der Waals surface area contributed by atoms with Gasteiger partial charge in [-0.1, -0.05) is 20.8 Å². The lowest BCUT2D eigenvalue weighted by Gasteiger charge is -2.41. The molecule has 6 heteroatoms. The third-order valence-electron chi connectivity index (χ3n) is 5.90. The van der Waals surface area contributed by atoms with Crippen molar-refractivity contribution in [1.82, 2.24) is 4.31 Å². The summed E-state index contributed by atoms with van der Waals surface area (Å²) in [6, 6.07) is 0. The van der Waals surface area contributed by atoms with E-state index in [1.807, 2.05) is 0 Å². The molecule has 0 spiro atoms. The lowest BCUT2D eigenvalue weighted by Crippen LogP contribution is -2.53. The van der Waals surface area contributed by atoms with Gasteiger partial charge in [-0.05, 0) is 23.7 Å². The fraction of sp³-hybridized carbons (Fsp3) is 0.929. The quantitative estimate of drug-likeness (QED) is 0.760. The number of rotatable bonds is 2. The van der Waals surface area contributed by atoms with Gasteiger partial charge in [0.2, 0.25) is 10.0 Å². The Morgan fingerprint density at radius 3 is 2.40 bits per heavy atom. The molecule has 2 saturated carbocycles. The van der Waals surface area contributed by atoms with E-state index in [9.17, 15) is 13.2 Å². The molecule has 20 heavy (non-hydrogen) atoms. The summed E-state index contributed by atoms with van der Waals surface area (Å²) in [6.07, 6.45) is 0.737. The van der Waals surface area contributed by atoms with Crippen LogP contribution in [0.25, 0.3) is 0 Å². The van der Waals surface area contributed by atoms with Crippen molar-refractivity contribution in [1.29, 1.82) is 0 Å². The van der Waals surface area contributed by atoms with E-state index in [1.54, 1.807) is 0 Å². The summed E-state index contributed by atoms with van der Waals surface area (Å²) in [6.45, 7) is 7.90. The number of morpholine rings is 1. The molecule has 3 aliphatic rings. The highest BCUT2D eigenvalue weighted by Gasteiger charge is 2.64. The van der Waals surface area contributed by atoms with E-state index in [1.165, 1.54) is 4.31 Å². The van der Waals surface area contributed by atoms with E-state index in [4.69, 9.17) is 4.74 Å². The van der Waals surface area contributed by atoms with E-state index >= 15 is 0 Å². The molecule has 3 fully saturated rings. The van der Waals surface area contributed by atoms with Gasteiger partial charge in [0.25, 0.3) is 0 Å². The number of sulfonamides is 1. The average molecular weight is 301 g/mol. The third kappa shape index (κ3) is 1.81. The number of ether oxygens (including phenoxy) is 1. The van der Waals surface area contributed by atoms with Gasteiger partial charge in [-0.15, -0.1) is 0 Å². The minimum absolute atomic E-state index is 0.0390. The maximum absolute atomic E-state index is 12.8. The highest BCUT2D eigenvalue weighted by molar-refractivity contribution is 7.90. The predicted octanol–water partition coefficient (Wildman–Crippen LogP) is 0.898. The van der Waals surface area contributed by atoms with Crippen molar-refractivity contribution in [3.63, 3.8) is 0 Å². The minimum Gasteiger partial charge on any atom is -0.379 e. The number of Topliss-reactive ketones (excluding diaryl/α,β-unsaturated/α-hetero) is 1. The summed E-state index contributed by atoms with van der Waals surface area (Å²) >= 11 is 0. The SMILES string of the molecule is C[C@H]1[C@H]2C[C@@H]([C@@H](S(=O)(=O)N3CCOCC3)C2=O)C1(C)C. The van der Waals surface area contributed by atoms with Crippen molar-refractivity contribution >= 4 is 15.8 Å². The zero-order valence-corrected chi connectivity index (χ0v) is 13.1. The van der Waals surface area contributed by atoms with Crippen LogP contribution in [0.3, 0.4) is 0 Å². The number of fused-ring (bicyclic) bond motifs is 2. The van der Waals surface area contributed by atoms with Gasteiger partial charge in [-0.2, -0.15) is 4.31 Å². The number of carbonyl (C=O) groups is 1. The Balaban J connectivity index is 1.93. The van der Waals surface area contributed by atoms with Crippen LogP contribution in [0.15, 0.2) is 0 Å². The maximum atomic E-state index is 12.8. The average Bonchev–Trinajstić information content (AvgIpc) is 2.86. The van der Waals surface area contributed by atoms with Crippen molar-refractivity contribution in [2.45, 2.75) is 32.4 Å². The second-order valence-corrected chi connectivity index (χ2v) is 8.99. The van der Waals surface area contributed by atoms with Crippen LogP contribution in [0.1, 0.15) is 27.2 Å². The molecule has 0 aromatic rings. The zero-order chi connectivity index (χ0) is 14.7. The lowest BCUT2D eigenvalue weighted by molar-refractivity contribution is -0.125. The van der Waals surface area contributed by atoms with Crippen molar-refractivity contribution in [2.24, 2.45) is 23.2 Å². The van der Waals surface area contributed by atoms with Gasteiger partial charge < -0.3 is 4.74 Å². The summed E-state index contributed by atoms with van der Waals surface area (Å²) in [5.74, 6) is 0.114. The Kier molecular flexibility index (Phi) is 3.27. The van der Waals surface area contributed by atoms with Crippen LogP contribution in [-0.4, -0.2) is 50.1 Å². The standard InChI is InChI=1S/C14H23NO4S/c1-9-10-8-11(14(9,2)3)13(12(10)16)20(17,18)15-4-6-19-7-5-15/h9-11,13H,4-8H2,1-3H3/t9-,10+,11-,13+/m0/s1. The first-order valence-corrected chi connectivity index (χ1v) is 8.88. The molecule has 3 rings (SSSR count). The van der Waals surface area contributed by atoms with Crippen molar-refractivity contribution in [3.8, 4) is 0 Å². The Morgan fingerprint density at radius 1 is 1.25 bits per heavy atom. The smallest absolute Gasteiger partial charge is 0.224 e. The number of carbonyl (C=O) groups excluding carboxylic acids is 1. The zero-order valence-electron chi connectivity index (χ0n) is 12.3. The first kappa shape index (κ1) is 14.5. The predicted molar refractivity (Wildman–Crippen MR) is 74.6 cm³/mol. The van der Waals surface area contributed by atoms with Gasteiger partial charge in [-0.25, -0.2) is 8.42 Å². The molecule has 114 valence electrons. The second kappa shape index (κ2) is 4.52. The number of ketones is 1. The monoisotopic (exact) mass is 301 g/mol. The summed E-state index contributed by atoms with van der Waals surface area (Å²) in [4.78, 5) is 12.5. The highest BCUT2D eigenvalue weighted by atomic mass is 32.2. The molecular weight excluding hydrogens is 278 g/mol. The number of hydrogen-bond acceptors (Lipinski definition) is 4. The van der Waals surface area contributed by atoms with E-state index < -0.39 is 15.3 Å². The Hall–Kier alpha value is -0.460. The first-order valence-electron chi connectivity index (χ1n) is 7.38. The van der Waals surface area contributed by atoms with Crippen LogP contribution in [0.4, 0.5) is 0 Å². The van der Waals surface area contributed by atoms with E-state index in [0.29, 0.717) is 26.3 Å². The molecule has 0 aromatic carbocycles. The number of hydrogen-bond donors (Lipinski definition) is 0. The van der Waals surface area contributed by atoms with Crippen molar-refractivity contribution in [2.75, 3.05) is 26.3 Å². The molecule has 1 saturated heterocycles. The number of nitrogens with zero attached hydrogens (tertiary/aromatic N) is 1. The van der Waals surface area contributed by atoms with Crippen LogP contribution >= 0.6 is 0 Å². The molecule has 5 nitrogen and oxygen atoms in total. The molecular formula is C14H23NO4S. The van der Waals surface area contributed by atoms with Crippen LogP contribution in [0.5, 0.6) is 0 Å². The normalized spacial score (nSPS) is 41.2. The molecule has 4 atom stereocenters. The molecule has 0 radical (unpaired) electrons. The maximum Gasteiger partial charge on any atom is 0.224 e. The van der Waals surface area contributed by atoms with Gasteiger partial charge in [0, 0.05) is 19.0 Å². The molecule has 0 amide bonds. The molecule has 1 aliphatic heterocycles. The Labute approximate surface area is 120 Å². The first-order chi connectivity index (χ1) is 9.28. The van der Waals surface area contributed by atoms with Crippen LogP contribution < -0.4 is 0 Å². The molecule has 1 heterocycles. The molecule has 0 unspecified atom stereocenters. The fourth-order valence-corrected chi connectivity index (χ4v) is 6.56. The highest BCUT2D eigenvalue weighted by Crippen LogP contribution is 2.59. The molecule has 0 N–H and O–H groups in total. The lowest BCUT2D eigenvalue weighted by atomic mass is 9.69. The molecule has 0 aromatic heterocycles. The largest absolute Gasteiger partial charge is 0.379 e. The Bertz CT molecular complexity index is 521. The van der Waals surface area contributed by atoms with E-state index in [-0.39, 0.29) is 29.0 Å². The van der Waals surface area contributed by atoms with Crippen molar-refractivity contribution < 1.29 is 17.9 Å². The topological polar surface area (TPSA) is 63.7 Å². The summed E-state index contributed by atoms with van der Waals surface area (Å²) in [7, 11) is -3.53. The third-order valence-corrected chi connectivity index (χ3v) is 8.19. The van der Waals surface area contributed by atoms with Gasteiger partial charge in [0.1, 0.15) is 5.25 Å². The van der Waals surface area contributed by atoms with Crippen LogP contribution in [-0.2, 0) is 19.6 Å². The van der Waals surface area contributed by atoms with Gasteiger partial charge in [0.15, 0.2) is 5.78 Å². The van der Waals surface area contributed by atoms with Gasteiger partial charge in [-0.3, -0.25) is 4.79 Å². The summed E-state index contributed by atoms with van der Waals surface area (Å²) in [5, 5.41) is -0.822. The van der Waals surface area contributed by atoms with Gasteiger partial charge >= 0.3 is 0 Å². The summed E-state index contributed by atoms with van der Waals surface area (Å²) < 4.78 is 32.3. The van der Waals surface area contributed by atoms with E-state index in [2.05, 4.69) is 20.8 Å². The molecule has 2 aliphatic carbocycles. The summed E-state index contributed by atoms with van der Waals surface area (Å²) in [5.41, 5.74) is -0.0808. The van der Waals surface area contributed by atoms with Gasteiger partial charge in [0.05, 0.1) is 13.2 Å². The van der Waals surface area contributed by atoms with Crippen LogP contribution in [0.2, 0.25) is 0 Å². The van der Waals surface area contributed by atoms with E-state index in [0.717, 1.165) is 6.42 Å². The Morgan fingerprint density at radius 2 is 1.85 bits per heavy atom. The second-order valence-electron chi connectivity index (χ2n) is 6.94. The van der Waals surface area contributed by atoms with Crippen LogP contribution in [0, 0.1) is 23.2 Å².